The molecular weight excluding hydrogens is 330 g/mol. The number of amides is 1. The van der Waals surface area contributed by atoms with Gasteiger partial charge in [0.05, 0.1) is 11.0 Å². The monoisotopic (exact) mass is 357 g/mol. The van der Waals surface area contributed by atoms with Crippen LogP contribution in [0.1, 0.15) is 33.6 Å². The van der Waals surface area contributed by atoms with Crippen LogP contribution < -0.4 is 15.5 Å². The Morgan fingerprint density at radius 3 is 2.62 bits per heavy atom. The number of alkyl carbamates (subject to hydrolysis) is 1. The van der Waals surface area contributed by atoms with Gasteiger partial charge in [-0.2, -0.15) is 0 Å². The lowest BCUT2D eigenvalue weighted by Gasteiger charge is -2.28. The van der Waals surface area contributed by atoms with E-state index in [9.17, 15) is 4.79 Å². The molecule has 1 amide bonds. The number of benzene rings is 1. The van der Waals surface area contributed by atoms with Crippen LogP contribution in [-0.4, -0.2) is 47.8 Å². The van der Waals surface area contributed by atoms with E-state index in [0.717, 1.165) is 42.1 Å². The van der Waals surface area contributed by atoms with Gasteiger partial charge in [0.15, 0.2) is 11.6 Å². The molecule has 26 heavy (non-hydrogen) atoms. The number of carbonyl (C=O) groups excluding carboxylic acids is 1. The number of aromatic nitrogens is 2. The standard InChI is InChI=1S/C19H27N5O2/c1-19(2,3)26-18(25)21-12-13-8-7-11-24(13)17-16(20-4)22-14-9-5-6-10-15(14)23-17/h5-6,9-10,13H,7-8,11-12H2,1-4H3,(H,20,22)(H,21,25)/t13-/m1/s1. The van der Waals surface area contributed by atoms with Crippen LogP contribution in [-0.2, 0) is 4.74 Å². The van der Waals surface area contributed by atoms with Crippen LogP contribution in [0.15, 0.2) is 24.3 Å². The molecule has 0 aliphatic carbocycles. The predicted octanol–water partition coefficient (Wildman–Crippen LogP) is 3.17. The highest BCUT2D eigenvalue weighted by Crippen LogP contribution is 2.30. The first-order valence-electron chi connectivity index (χ1n) is 9.05. The number of nitrogens with one attached hydrogen (secondary N) is 2. The minimum Gasteiger partial charge on any atom is -0.444 e. The highest BCUT2D eigenvalue weighted by Gasteiger charge is 2.29. The SMILES string of the molecule is CNc1nc2ccccc2nc1N1CCC[C@@H]1CNC(=O)OC(C)(C)C. The molecule has 3 rings (SSSR count). The summed E-state index contributed by atoms with van der Waals surface area (Å²) in [5, 5.41) is 6.04. The van der Waals surface area contributed by atoms with Gasteiger partial charge in [-0.05, 0) is 45.7 Å². The topological polar surface area (TPSA) is 79.4 Å². The van der Waals surface area contributed by atoms with Gasteiger partial charge >= 0.3 is 6.09 Å². The molecule has 1 aromatic carbocycles. The maximum atomic E-state index is 12.0. The fourth-order valence-corrected chi connectivity index (χ4v) is 3.20. The van der Waals surface area contributed by atoms with Gasteiger partial charge in [-0.25, -0.2) is 14.8 Å². The summed E-state index contributed by atoms with van der Waals surface area (Å²) in [7, 11) is 1.85. The zero-order valence-electron chi connectivity index (χ0n) is 15.9. The lowest BCUT2D eigenvalue weighted by molar-refractivity contribution is 0.0525. The van der Waals surface area contributed by atoms with Crippen molar-refractivity contribution >= 4 is 28.8 Å². The summed E-state index contributed by atoms with van der Waals surface area (Å²) in [4.78, 5) is 23.7. The van der Waals surface area contributed by atoms with E-state index in [0.29, 0.717) is 6.54 Å². The average Bonchev–Trinajstić information content (AvgIpc) is 3.05. The molecule has 1 aliphatic heterocycles. The molecule has 1 atom stereocenters. The molecule has 1 saturated heterocycles. The van der Waals surface area contributed by atoms with Gasteiger partial charge in [-0.15, -0.1) is 0 Å². The van der Waals surface area contributed by atoms with Crippen LogP contribution in [0.3, 0.4) is 0 Å². The minimum absolute atomic E-state index is 0.171. The fourth-order valence-electron chi connectivity index (χ4n) is 3.20. The molecule has 1 fully saturated rings. The number of anilines is 2. The second-order valence-corrected chi connectivity index (χ2v) is 7.51. The second kappa shape index (κ2) is 7.35. The van der Waals surface area contributed by atoms with E-state index < -0.39 is 5.60 Å². The maximum absolute atomic E-state index is 12.0. The Morgan fingerprint density at radius 1 is 1.27 bits per heavy atom. The molecule has 0 spiro atoms. The number of hydrogen-bond acceptors (Lipinski definition) is 6. The first-order chi connectivity index (χ1) is 12.4. The number of hydrogen-bond donors (Lipinski definition) is 2. The number of rotatable bonds is 4. The van der Waals surface area contributed by atoms with Gasteiger partial charge in [0, 0.05) is 26.2 Å². The molecule has 7 heteroatoms. The van der Waals surface area contributed by atoms with Crippen LogP contribution in [0.25, 0.3) is 11.0 Å². The van der Waals surface area contributed by atoms with Gasteiger partial charge in [0.2, 0.25) is 0 Å². The Morgan fingerprint density at radius 2 is 1.96 bits per heavy atom. The van der Waals surface area contributed by atoms with E-state index in [-0.39, 0.29) is 12.1 Å². The van der Waals surface area contributed by atoms with Crippen molar-refractivity contribution in [2.45, 2.75) is 45.3 Å². The molecular formula is C19H27N5O2. The van der Waals surface area contributed by atoms with E-state index in [2.05, 4.69) is 20.5 Å². The molecule has 1 aliphatic rings. The zero-order valence-corrected chi connectivity index (χ0v) is 15.9. The third-order valence-electron chi connectivity index (χ3n) is 4.32. The van der Waals surface area contributed by atoms with Crippen molar-refractivity contribution in [2.75, 3.05) is 30.4 Å². The molecule has 0 saturated carbocycles. The molecule has 0 bridgehead atoms. The molecule has 1 aromatic heterocycles. The van der Waals surface area contributed by atoms with Crippen LogP contribution in [0, 0.1) is 0 Å². The summed E-state index contributed by atoms with van der Waals surface area (Å²) in [6.07, 6.45) is 1.66. The Hall–Kier alpha value is -2.57. The van der Waals surface area contributed by atoms with Crippen molar-refractivity contribution < 1.29 is 9.53 Å². The molecule has 0 unspecified atom stereocenters. The van der Waals surface area contributed by atoms with Crippen molar-refractivity contribution in [2.24, 2.45) is 0 Å². The van der Waals surface area contributed by atoms with Gasteiger partial charge in [0.25, 0.3) is 0 Å². The molecule has 7 nitrogen and oxygen atoms in total. The van der Waals surface area contributed by atoms with E-state index in [1.54, 1.807) is 0 Å². The largest absolute Gasteiger partial charge is 0.444 e. The van der Waals surface area contributed by atoms with Gasteiger partial charge in [-0.1, -0.05) is 12.1 Å². The predicted molar refractivity (Wildman–Crippen MR) is 104 cm³/mol. The summed E-state index contributed by atoms with van der Waals surface area (Å²) >= 11 is 0. The zero-order chi connectivity index (χ0) is 18.7. The van der Waals surface area contributed by atoms with Crippen LogP contribution >= 0.6 is 0 Å². The summed E-state index contributed by atoms with van der Waals surface area (Å²) < 4.78 is 5.33. The van der Waals surface area contributed by atoms with Crippen LogP contribution in [0.2, 0.25) is 0 Å². The summed E-state index contributed by atoms with van der Waals surface area (Å²) in [6, 6.07) is 8.02. The molecule has 2 N–H and O–H groups in total. The van der Waals surface area contributed by atoms with Gasteiger partial charge in [-0.3, -0.25) is 0 Å². The normalized spacial score (nSPS) is 17.4. The number of para-hydroxylation sites is 2. The van der Waals surface area contributed by atoms with Crippen molar-refractivity contribution in [1.82, 2.24) is 15.3 Å². The van der Waals surface area contributed by atoms with Crippen LogP contribution in [0.4, 0.5) is 16.4 Å². The third-order valence-corrected chi connectivity index (χ3v) is 4.32. The van der Waals surface area contributed by atoms with E-state index in [1.165, 1.54) is 0 Å². The van der Waals surface area contributed by atoms with E-state index >= 15 is 0 Å². The Kier molecular flexibility index (Phi) is 5.15. The average molecular weight is 357 g/mol. The highest BCUT2D eigenvalue weighted by atomic mass is 16.6. The van der Waals surface area contributed by atoms with Gasteiger partial charge < -0.3 is 20.3 Å². The minimum atomic E-state index is -0.497. The van der Waals surface area contributed by atoms with Crippen LogP contribution in [0.5, 0.6) is 0 Å². The Labute approximate surface area is 154 Å². The molecule has 2 heterocycles. The van der Waals surface area contributed by atoms with Crippen molar-refractivity contribution in [3.8, 4) is 0 Å². The lowest BCUT2D eigenvalue weighted by atomic mass is 10.2. The smallest absolute Gasteiger partial charge is 0.407 e. The second-order valence-electron chi connectivity index (χ2n) is 7.51. The first-order valence-corrected chi connectivity index (χ1v) is 9.05. The quantitative estimate of drug-likeness (QED) is 0.875. The van der Waals surface area contributed by atoms with Crippen molar-refractivity contribution in [3.63, 3.8) is 0 Å². The number of fused-ring (bicyclic) bond motifs is 1. The maximum Gasteiger partial charge on any atom is 0.407 e. The summed E-state index contributed by atoms with van der Waals surface area (Å²) in [5.74, 6) is 1.59. The fraction of sp³-hybridized carbons (Fsp3) is 0.526. The van der Waals surface area contributed by atoms with E-state index in [1.807, 2.05) is 52.1 Å². The van der Waals surface area contributed by atoms with Crippen molar-refractivity contribution in [1.29, 1.82) is 0 Å². The number of ether oxygens (including phenoxy) is 1. The molecule has 2 aromatic rings. The molecule has 0 radical (unpaired) electrons. The number of carbonyl (C=O) groups is 1. The van der Waals surface area contributed by atoms with Gasteiger partial charge in [0.1, 0.15) is 5.60 Å². The Bertz CT molecular complexity index is 787. The summed E-state index contributed by atoms with van der Waals surface area (Å²) in [5.41, 5.74) is 1.23. The van der Waals surface area contributed by atoms with E-state index in [4.69, 9.17) is 9.72 Å². The summed E-state index contributed by atoms with van der Waals surface area (Å²) in [6.45, 7) is 6.99. The first kappa shape index (κ1) is 18.2. The molecule has 140 valence electrons. The highest BCUT2D eigenvalue weighted by molar-refractivity contribution is 5.80. The lowest BCUT2D eigenvalue weighted by Crippen LogP contribution is -2.42. The third kappa shape index (κ3) is 4.15. The number of nitrogens with zero attached hydrogens (tertiary/aromatic N) is 3. The van der Waals surface area contributed by atoms with Crippen molar-refractivity contribution in [3.05, 3.63) is 24.3 Å². The Balaban J connectivity index is 1.77.